The van der Waals surface area contributed by atoms with Gasteiger partial charge in [0.1, 0.15) is 23.4 Å². The summed E-state index contributed by atoms with van der Waals surface area (Å²) < 4.78 is 5.45. The van der Waals surface area contributed by atoms with Crippen LogP contribution in [0.25, 0.3) is 0 Å². The third-order valence-corrected chi connectivity index (χ3v) is 7.37. The van der Waals surface area contributed by atoms with E-state index in [2.05, 4.69) is 10.6 Å². The fourth-order valence-corrected chi connectivity index (χ4v) is 4.98. The summed E-state index contributed by atoms with van der Waals surface area (Å²) in [4.78, 5) is 42.4. The van der Waals surface area contributed by atoms with Gasteiger partial charge in [-0.25, -0.2) is 4.79 Å². The van der Waals surface area contributed by atoms with Gasteiger partial charge >= 0.3 is 6.09 Å². The lowest BCUT2D eigenvalue weighted by Gasteiger charge is -2.43. The van der Waals surface area contributed by atoms with E-state index in [0.29, 0.717) is 23.3 Å². The van der Waals surface area contributed by atoms with Crippen LogP contribution in [0.4, 0.5) is 4.79 Å². The summed E-state index contributed by atoms with van der Waals surface area (Å²) in [6.07, 6.45) is 4.04. The van der Waals surface area contributed by atoms with Crippen LogP contribution in [-0.2, 0) is 20.9 Å². The molecule has 0 aromatic heterocycles. The van der Waals surface area contributed by atoms with Crippen molar-refractivity contribution in [2.75, 3.05) is 12.0 Å². The molecule has 3 N–H and O–H groups in total. The molecule has 0 radical (unpaired) electrons. The van der Waals surface area contributed by atoms with Crippen LogP contribution in [0.2, 0.25) is 0 Å². The lowest BCUT2D eigenvalue weighted by atomic mass is 9.87. The van der Waals surface area contributed by atoms with Gasteiger partial charge in [0.2, 0.25) is 11.8 Å². The van der Waals surface area contributed by atoms with E-state index >= 15 is 0 Å². The molecule has 3 rings (SSSR count). The molecule has 2 atom stereocenters. The summed E-state index contributed by atoms with van der Waals surface area (Å²) in [7, 11) is 0. The Labute approximate surface area is 235 Å². The number of alkyl carbamates (subject to hydrolysis) is 1. The van der Waals surface area contributed by atoms with Crippen LogP contribution in [0.15, 0.2) is 48.5 Å². The summed E-state index contributed by atoms with van der Waals surface area (Å²) in [5.74, 6) is -0.137. The highest BCUT2D eigenvalue weighted by Crippen LogP contribution is 2.38. The zero-order valence-corrected chi connectivity index (χ0v) is 24.3. The number of carbonyl (C=O) groups is 3. The third kappa shape index (κ3) is 8.39. The lowest BCUT2D eigenvalue weighted by molar-refractivity contribution is -0.147. The van der Waals surface area contributed by atoms with Crippen molar-refractivity contribution in [1.82, 2.24) is 15.5 Å². The van der Waals surface area contributed by atoms with Gasteiger partial charge in [0.15, 0.2) is 0 Å². The predicted octanol–water partition coefficient (Wildman–Crippen LogP) is 5.09. The number of thioether (sulfide) groups is 1. The molecule has 2 unspecified atom stereocenters. The van der Waals surface area contributed by atoms with Gasteiger partial charge in [0.25, 0.3) is 0 Å². The van der Waals surface area contributed by atoms with Gasteiger partial charge in [0, 0.05) is 18.2 Å². The van der Waals surface area contributed by atoms with Crippen molar-refractivity contribution in [2.24, 2.45) is 0 Å². The van der Waals surface area contributed by atoms with E-state index < -0.39 is 23.8 Å². The molecule has 1 aliphatic carbocycles. The number of nitrogens with zero attached hydrogens (tertiary/aromatic N) is 1. The van der Waals surface area contributed by atoms with Crippen LogP contribution >= 0.6 is 11.8 Å². The van der Waals surface area contributed by atoms with Gasteiger partial charge in [-0.15, -0.1) is 0 Å². The number of para-hydroxylation sites is 1. The average Bonchev–Trinajstić information content (AvgIpc) is 2.85. The van der Waals surface area contributed by atoms with Crippen molar-refractivity contribution >= 4 is 29.7 Å². The first-order chi connectivity index (χ1) is 18.5. The second kappa shape index (κ2) is 13.7. The van der Waals surface area contributed by atoms with Crippen LogP contribution in [0.5, 0.6) is 5.75 Å². The van der Waals surface area contributed by atoms with Crippen LogP contribution in [0.3, 0.4) is 0 Å². The zero-order valence-electron chi connectivity index (χ0n) is 23.5. The molecular formula is C30H41N3O5S. The average molecular weight is 556 g/mol. The number of phenolic OH excluding ortho intramolecular Hbond substituents is 1. The van der Waals surface area contributed by atoms with E-state index in [1.54, 1.807) is 62.6 Å². The number of ether oxygens (including phenoxy) is 1. The third-order valence-electron chi connectivity index (χ3n) is 6.72. The van der Waals surface area contributed by atoms with Crippen molar-refractivity contribution in [3.8, 4) is 5.75 Å². The topological polar surface area (TPSA) is 108 Å². The molecule has 0 heterocycles. The molecular weight excluding hydrogens is 514 g/mol. The molecule has 0 saturated heterocycles. The summed E-state index contributed by atoms with van der Waals surface area (Å²) in [5, 5.41) is 16.8. The van der Waals surface area contributed by atoms with E-state index in [9.17, 15) is 19.5 Å². The molecule has 3 amide bonds. The Kier molecular flexibility index (Phi) is 10.7. The molecule has 0 aliphatic heterocycles. The minimum absolute atomic E-state index is 0.0183. The van der Waals surface area contributed by atoms with Gasteiger partial charge in [-0.1, -0.05) is 48.5 Å². The number of hydrogen-bond acceptors (Lipinski definition) is 6. The van der Waals surface area contributed by atoms with E-state index in [-0.39, 0.29) is 30.2 Å². The molecule has 0 bridgehead atoms. The van der Waals surface area contributed by atoms with E-state index in [1.807, 2.05) is 36.6 Å². The number of hydrogen-bond donors (Lipinski definition) is 3. The number of nitrogens with one attached hydrogen (secondary N) is 2. The quantitative estimate of drug-likeness (QED) is 0.357. The Balaban J connectivity index is 1.99. The van der Waals surface area contributed by atoms with E-state index in [4.69, 9.17) is 4.74 Å². The summed E-state index contributed by atoms with van der Waals surface area (Å²) in [6, 6.07) is 12.6. The summed E-state index contributed by atoms with van der Waals surface area (Å²) >= 11 is 1.57. The molecule has 8 nitrogen and oxygen atoms in total. The summed E-state index contributed by atoms with van der Waals surface area (Å²) in [5.41, 5.74) is 1.17. The maximum atomic E-state index is 14.3. The monoisotopic (exact) mass is 555 g/mol. The first-order valence-corrected chi connectivity index (χ1v) is 14.8. The van der Waals surface area contributed by atoms with Crippen LogP contribution in [0.1, 0.15) is 69.2 Å². The molecule has 0 spiro atoms. The molecule has 2 aromatic carbocycles. The Bertz CT molecular complexity index is 1130. The Morgan fingerprint density at radius 1 is 1.10 bits per heavy atom. The normalized spacial score (nSPS) is 15.0. The molecule has 2 aromatic rings. The number of phenols is 1. The minimum atomic E-state index is -1.07. The fraction of sp³-hybridized carbons (Fsp3) is 0.500. The van der Waals surface area contributed by atoms with Gasteiger partial charge in [-0.05, 0) is 76.5 Å². The van der Waals surface area contributed by atoms with Crippen molar-refractivity contribution in [2.45, 2.75) is 83.6 Å². The van der Waals surface area contributed by atoms with Crippen molar-refractivity contribution < 1.29 is 24.2 Å². The molecule has 1 aliphatic rings. The van der Waals surface area contributed by atoms with Crippen LogP contribution in [0, 0.1) is 6.92 Å². The molecule has 1 saturated carbocycles. The second-order valence-corrected chi connectivity index (χ2v) is 11.9. The predicted molar refractivity (Wildman–Crippen MR) is 155 cm³/mol. The highest BCUT2D eigenvalue weighted by molar-refractivity contribution is 7.98. The number of aromatic hydroxyl groups is 1. The zero-order chi connectivity index (χ0) is 28.6. The lowest BCUT2D eigenvalue weighted by Crippen LogP contribution is -2.57. The Morgan fingerprint density at radius 2 is 1.79 bits per heavy atom. The minimum Gasteiger partial charge on any atom is -0.507 e. The maximum Gasteiger partial charge on any atom is 0.408 e. The van der Waals surface area contributed by atoms with Crippen molar-refractivity contribution in [1.29, 1.82) is 0 Å². The maximum absolute atomic E-state index is 14.3. The highest BCUT2D eigenvalue weighted by atomic mass is 32.2. The number of amides is 3. The Morgan fingerprint density at radius 3 is 2.38 bits per heavy atom. The van der Waals surface area contributed by atoms with Gasteiger partial charge in [-0.3, -0.25) is 9.59 Å². The number of carbonyl (C=O) groups excluding carboxylic acids is 3. The SMILES string of the molecule is CSCCC(NC(=O)OC(C)(C)C)C(=O)N(C1CCC1)C(C(=O)NCc1ccccc1)c1cccc(C)c1O. The molecule has 39 heavy (non-hydrogen) atoms. The largest absolute Gasteiger partial charge is 0.507 e. The number of aryl methyl sites for hydroxylation is 1. The smallest absolute Gasteiger partial charge is 0.408 e. The van der Waals surface area contributed by atoms with Gasteiger partial charge in [0.05, 0.1) is 0 Å². The number of rotatable bonds is 11. The number of benzene rings is 2. The first kappa shape index (κ1) is 30.3. The van der Waals surface area contributed by atoms with Crippen molar-refractivity contribution in [3.05, 3.63) is 65.2 Å². The Hall–Kier alpha value is -3.20. The molecule has 212 valence electrons. The summed E-state index contributed by atoms with van der Waals surface area (Å²) in [6.45, 7) is 7.33. The van der Waals surface area contributed by atoms with Crippen LogP contribution in [-0.4, -0.2) is 57.6 Å². The van der Waals surface area contributed by atoms with Gasteiger partial charge < -0.3 is 25.4 Å². The fourth-order valence-electron chi connectivity index (χ4n) is 4.51. The van der Waals surface area contributed by atoms with E-state index in [0.717, 1.165) is 24.8 Å². The van der Waals surface area contributed by atoms with Gasteiger partial charge in [-0.2, -0.15) is 11.8 Å². The second-order valence-electron chi connectivity index (χ2n) is 10.9. The molecule has 1 fully saturated rings. The standard InChI is InChI=1S/C30H41N3O5S/c1-20-11-9-16-23(26(20)34)25(27(35)31-19-21-12-7-6-8-13-21)33(22-14-10-15-22)28(36)24(17-18-39-5)32-29(37)38-30(2,3)4/h6-9,11-13,16,22,24-25,34H,10,14-15,17-19H2,1-5H3,(H,31,35)(H,32,37). The highest BCUT2D eigenvalue weighted by Gasteiger charge is 2.42. The van der Waals surface area contributed by atoms with E-state index in [1.165, 1.54) is 0 Å². The molecule has 9 heteroatoms. The van der Waals surface area contributed by atoms with Crippen LogP contribution < -0.4 is 10.6 Å². The van der Waals surface area contributed by atoms with Crippen molar-refractivity contribution in [3.63, 3.8) is 0 Å². The first-order valence-electron chi connectivity index (χ1n) is 13.4.